The van der Waals surface area contributed by atoms with Crippen molar-refractivity contribution in [2.45, 2.75) is 12.0 Å². The Morgan fingerprint density at radius 1 is 1.68 bits per heavy atom. The molecule has 8 nitrogen and oxygen atoms in total. The van der Waals surface area contributed by atoms with Crippen molar-refractivity contribution in [1.82, 2.24) is 4.98 Å². The average molecular weight is 331 g/mol. The highest BCUT2D eigenvalue weighted by Crippen LogP contribution is 2.32. The van der Waals surface area contributed by atoms with Crippen LogP contribution in [0.5, 0.6) is 0 Å². The first-order valence-corrected chi connectivity index (χ1v) is 6.20. The van der Waals surface area contributed by atoms with Crippen molar-refractivity contribution >= 4 is 33.4 Å². The van der Waals surface area contributed by atoms with Gasteiger partial charge in [0.05, 0.1) is 4.92 Å². The van der Waals surface area contributed by atoms with Crippen LogP contribution in [0.2, 0.25) is 0 Å². The number of rotatable bonds is 3. The average Bonchev–Trinajstić information content (AvgIpc) is 2.73. The van der Waals surface area contributed by atoms with Gasteiger partial charge in [-0.3, -0.25) is 14.9 Å². The maximum atomic E-state index is 11.1. The number of hydrogen-bond acceptors (Lipinski definition) is 6. The summed E-state index contributed by atoms with van der Waals surface area (Å²) in [5.74, 6) is -0.975. The third-order valence-corrected chi connectivity index (χ3v) is 3.47. The van der Waals surface area contributed by atoms with E-state index in [1.807, 2.05) is 0 Å². The number of nitro groups is 1. The predicted octanol–water partition coefficient (Wildman–Crippen LogP) is 0.744. The van der Waals surface area contributed by atoms with Crippen LogP contribution in [0, 0.1) is 10.1 Å². The van der Waals surface area contributed by atoms with Crippen LogP contribution in [0.4, 0.5) is 11.5 Å². The van der Waals surface area contributed by atoms with Crippen LogP contribution in [0.15, 0.2) is 16.7 Å². The Morgan fingerprint density at radius 2 is 2.37 bits per heavy atom. The predicted molar refractivity (Wildman–Crippen MR) is 70.0 cm³/mol. The van der Waals surface area contributed by atoms with E-state index in [9.17, 15) is 14.9 Å². The third kappa shape index (κ3) is 2.51. The van der Waals surface area contributed by atoms with Gasteiger partial charge in [-0.2, -0.15) is 0 Å². The molecule has 0 saturated carbocycles. The normalized spacial score (nSPS) is 22.5. The largest absolute Gasteiger partial charge is 0.480 e. The Hall–Kier alpha value is -1.74. The van der Waals surface area contributed by atoms with Crippen LogP contribution >= 0.6 is 15.9 Å². The fourth-order valence-corrected chi connectivity index (χ4v) is 2.31. The minimum Gasteiger partial charge on any atom is -0.480 e. The number of pyridine rings is 1. The molecule has 9 heteroatoms. The molecule has 0 bridgehead atoms. The molecular weight excluding hydrogens is 320 g/mol. The number of hydrogen-bond donors (Lipinski definition) is 2. The van der Waals surface area contributed by atoms with Crippen molar-refractivity contribution in [1.29, 1.82) is 0 Å². The molecule has 1 atom stereocenters. The summed E-state index contributed by atoms with van der Waals surface area (Å²) in [5, 5.41) is 20.0. The molecule has 0 spiro atoms. The lowest BCUT2D eigenvalue weighted by molar-refractivity contribution is -0.384. The molecule has 19 heavy (non-hydrogen) atoms. The Kier molecular flexibility index (Phi) is 3.42. The lowest BCUT2D eigenvalue weighted by Crippen LogP contribution is -2.50. The smallest absolute Gasteiger partial charge is 0.325 e. The second kappa shape index (κ2) is 4.74. The van der Waals surface area contributed by atoms with Gasteiger partial charge in [-0.15, -0.1) is 0 Å². The number of aromatic nitrogens is 1. The molecule has 1 aromatic heterocycles. The number of halogens is 1. The van der Waals surface area contributed by atoms with Crippen LogP contribution < -0.4 is 10.6 Å². The first-order valence-electron chi connectivity index (χ1n) is 5.41. The van der Waals surface area contributed by atoms with E-state index in [0.29, 0.717) is 11.0 Å². The summed E-state index contributed by atoms with van der Waals surface area (Å²) in [5.41, 5.74) is 4.17. The van der Waals surface area contributed by atoms with Gasteiger partial charge in [0.2, 0.25) is 5.82 Å². The highest BCUT2D eigenvalue weighted by Gasteiger charge is 2.43. The molecule has 3 N–H and O–H groups in total. The lowest BCUT2D eigenvalue weighted by atomic mass is 10.0. The van der Waals surface area contributed by atoms with Gasteiger partial charge in [0.15, 0.2) is 0 Å². The number of carboxylic acids is 1. The van der Waals surface area contributed by atoms with Crippen LogP contribution in [-0.4, -0.2) is 39.6 Å². The molecule has 1 unspecified atom stereocenters. The third-order valence-electron chi connectivity index (χ3n) is 3.04. The van der Waals surface area contributed by atoms with Crippen molar-refractivity contribution in [3.8, 4) is 0 Å². The molecule has 1 saturated heterocycles. The molecule has 0 amide bonds. The number of carbonyl (C=O) groups is 1. The molecule has 1 aliphatic rings. The maximum Gasteiger partial charge on any atom is 0.325 e. The SMILES string of the molecule is NC1(C(=O)O)CCN(c2ncc(Br)cc2[N+](=O)[O-])C1. The molecule has 1 fully saturated rings. The van der Waals surface area contributed by atoms with E-state index in [1.165, 1.54) is 17.2 Å². The van der Waals surface area contributed by atoms with Gasteiger partial charge >= 0.3 is 11.7 Å². The van der Waals surface area contributed by atoms with E-state index in [-0.39, 0.29) is 24.5 Å². The van der Waals surface area contributed by atoms with E-state index in [1.54, 1.807) is 0 Å². The first kappa shape index (κ1) is 13.7. The summed E-state index contributed by atoms with van der Waals surface area (Å²) < 4.78 is 0.486. The van der Waals surface area contributed by atoms with E-state index >= 15 is 0 Å². The molecule has 0 aromatic carbocycles. The summed E-state index contributed by atoms with van der Waals surface area (Å²) in [7, 11) is 0. The van der Waals surface area contributed by atoms with E-state index in [4.69, 9.17) is 10.8 Å². The molecule has 1 aromatic rings. The van der Waals surface area contributed by atoms with Gasteiger partial charge in [-0.1, -0.05) is 0 Å². The maximum absolute atomic E-state index is 11.1. The van der Waals surface area contributed by atoms with E-state index < -0.39 is 16.4 Å². The molecule has 2 rings (SSSR count). The fourth-order valence-electron chi connectivity index (χ4n) is 1.99. The van der Waals surface area contributed by atoms with E-state index in [2.05, 4.69) is 20.9 Å². The van der Waals surface area contributed by atoms with Crippen molar-refractivity contribution < 1.29 is 14.8 Å². The summed E-state index contributed by atoms with van der Waals surface area (Å²) in [4.78, 5) is 27.0. The summed E-state index contributed by atoms with van der Waals surface area (Å²) in [6.07, 6.45) is 1.65. The zero-order valence-corrected chi connectivity index (χ0v) is 11.3. The second-order valence-electron chi connectivity index (χ2n) is 4.39. The lowest BCUT2D eigenvalue weighted by Gasteiger charge is -2.20. The van der Waals surface area contributed by atoms with Crippen LogP contribution in [0.25, 0.3) is 0 Å². The van der Waals surface area contributed by atoms with Crippen LogP contribution in [0.1, 0.15) is 6.42 Å². The Balaban J connectivity index is 2.34. The van der Waals surface area contributed by atoms with Gasteiger partial charge in [-0.25, -0.2) is 4.98 Å². The number of aliphatic carboxylic acids is 1. The Labute approximate surface area is 116 Å². The Bertz CT molecular complexity index is 552. The van der Waals surface area contributed by atoms with Crippen LogP contribution in [-0.2, 0) is 4.79 Å². The molecule has 0 aliphatic carbocycles. The van der Waals surface area contributed by atoms with E-state index in [0.717, 1.165) is 0 Å². The number of nitrogens with two attached hydrogens (primary N) is 1. The molecule has 0 radical (unpaired) electrons. The summed E-state index contributed by atoms with van der Waals surface area (Å²) >= 11 is 3.11. The minimum absolute atomic E-state index is 0.00218. The Morgan fingerprint density at radius 3 is 2.89 bits per heavy atom. The fraction of sp³-hybridized carbons (Fsp3) is 0.400. The number of nitrogens with zero attached hydrogens (tertiary/aromatic N) is 3. The standard InChI is InChI=1S/C10H11BrN4O4/c11-6-3-7(15(18)19)8(13-4-6)14-2-1-10(12,5-14)9(16)17/h3-4H,1-2,5,12H2,(H,16,17). The number of carboxylic acid groups (broad SMARTS) is 1. The van der Waals surface area contributed by atoms with Crippen molar-refractivity contribution in [3.05, 3.63) is 26.9 Å². The monoisotopic (exact) mass is 330 g/mol. The van der Waals surface area contributed by atoms with Gasteiger partial charge < -0.3 is 15.7 Å². The van der Waals surface area contributed by atoms with Gasteiger partial charge in [0.25, 0.3) is 0 Å². The van der Waals surface area contributed by atoms with Crippen molar-refractivity contribution in [2.24, 2.45) is 5.73 Å². The van der Waals surface area contributed by atoms with Crippen molar-refractivity contribution in [2.75, 3.05) is 18.0 Å². The van der Waals surface area contributed by atoms with Crippen LogP contribution in [0.3, 0.4) is 0 Å². The number of anilines is 1. The molecule has 1 aliphatic heterocycles. The zero-order valence-electron chi connectivity index (χ0n) is 9.74. The molecule has 102 valence electrons. The zero-order chi connectivity index (χ0) is 14.2. The highest BCUT2D eigenvalue weighted by molar-refractivity contribution is 9.10. The topological polar surface area (TPSA) is 123 Å². The molecular formula is C10H11BrN4O4. The first-order chi connectivity index (χ1) is 8.83. The summed E-state index contributed by atoms with van der Waals surface area (Å²) in [6.45, 7) is 0.316. The molecule has 2 heterocycles. The second-order valence-corrected chi connectivity index (χ2v) is 5.30. The van der Waals surface area contributed by atoms with Gasteiger partial charge in [0, 0.05) is 29.8 Å². The summed E-state index contributed by atoms with van der Waals surface area (Å²) in [6, 6.07) is 1.33. The minimum atomic E-state index is -1.39. The van der Waals surface area contributed by atoms with Crippen molar-refractivity contribution in [3.63, 3.8) is 0 Å². The van der Waals surface area contributed by atoms with Gasteiger partial charge in [0.1, 0.15) is 5.54 Å². The highest BCUT2D eigenvalue weighted by atomic mass is 79.9. The quantitative estimate of drug-likeness (QED) is 0.619. The van der Waals surface area contributed by atoms with Gasteiger partial charge in [-0.05, 0) is 22.4 Å².